The Morgan fingerprint density at radius 1 is 1.19 bits per heavy atom. The molecule has 0 amide bonds. The van der Waals surface area contributed by atoms with Gasteiger partial charge in [-0.3, -0.25) is 0 Å². The zero-order valence-corrected chi connectivity index (χ0v) is 17.6. The van der Waals surface area contributed by atoms with Crippen molar-refractivity contribution in [2.45, 2.75) is 46.4 Å². The van der Waals surface area contributed by atoms with Crippen molar-refractivity contribution >= 4 is 16.0 Å². The SMILES string of the molecule is CCNC(=NCc1ccc(C)cc1)NCCS(=O)(=O)N1CC(C)OC(C)C1. The van der Waals surface area contributed by atoms with Crippen LogP contribution in [-0.4, -0.2) is 62.8 Å². The van der Waals surface area contributed by atoms with Gasteiger partial charge >= 0.3 is 0 Å². The summed E-state index contributed by atoms with van der Waals surface area (Å²) in [5.41, 5.74) is 2.33. The highest BCUT2D eigenvalue weighted by Gasteiger charge is 2.30. The largest absolute Gasteiger partial charge is 0.373 e. The third-order valence-corrected chi connectivity index (χ3v) is 6.12. The molecule has 152 valence electrons. The van der Waals surface area contributed by atoms with Crippen LogP contribution in [0.3, 0.4) is 0 Å². The average molecular weight is 397 g/mol. The van der Waals surface area contributed by atoms with Crippen LogP contribution in [0.25, 0.3) is 0 Å². The number of nitrogens with one attached hydrogen (secondary N) is 2. The number of aliphatic imine (C=N–C) groups is 1. The van der Waals surface area contributed by atoms with Crippen LogP contribution in [0.4, 0.5) is 0 Å². The molecule has 2 atom stereocenters. The van der Waals surface area contributed by atoms with Crippen LogP contribution >= 0.6 is 0 Å². The lowest BCUT2D eigenvalue weighted by atomic mass is 10.1. The molecule has 2 N–H and O–H groups in total. The minimum Gasteiger partial charge on any atom is -0.373 e. The Morgan fingerprint density at radius 3 is 2.41 bits per heavy atom. The topological polar surface area (TPSA) is 83.0 Å². The van der Waals surface area contributed by atoms with Crippen molar-refractivity contribution < 1.29 is 13.2 Å². The van der Waals surface area contributed by atoms with Crippen LogP contribution in [0, 0.1) is 6.92 Å². The molecule has 1 heterocycles. The van der Waals surface area contributed by atoms with Crippen LogP contribution in [-0.2, 0) is 21.3 Å². The third-order valence-electron chi connectivity index (χ3n) is 4.32. The molecule has 0 bridgehead atoms. The third kappa shape index (κ3) is 7.12. The number of guanidine groups is 1. The lowest BCUT2D eigenvalue weighted by molar-refractivity contribution is -0.0440. The van der Waals surface area contributed by atoms with Gasteiger partial charge in [0.05, 0.1) is 24.5 Å². The predicted molar refractivity (Wildman–Crippen MR) is 109 cm³/mol. The molecule has 0 spiro atoms. The van der Waals surface area contributed by atoms with Gasteiger partial charge < -0.3 is 15.4 Å². The lowest BCUT2D eigenvalue weighted by Gasteiger charge is -2.34. The first kappa shape index (κ1) is 21.7. The maximum atomic E-state index is 12.6. The predicted octanol–water partition coefficient (Wildman–Crippen LogP) is 1.49. The van der Waals surface area contributed by atoms with Crippen molar-refractivity contribution in [1.82, 2.24) is 14.9 Å². The minimum atomic E-state index is -3.32. The van der Waals surface area contributed by atoms with E-state index >= 15 is 0 Å². The van der Waals surface area contributed by atoms with E-state index in [-0.39, 0.29) is 18.0 Å². The molecular weight excluding hydrogens is 364 g/mol. The number of benzene rings is 1. The van der Waals surface area contributed by atoms with Crippen LogP contribution in [0.2, 0.25) is 0 Å². The summed E-state index contributed by atoms with van der Waals surface area (Å²) in [4.78, 5) is 4.54. The van der Waals surface area contributed by atoms with E-state index < -0.39 is 10.0 Å². The van der Waals surface area contributed by atoms with Crippen molar-refractivity contribution in [3.63, 3.8) is 0 Å². The van der Waals surface area contributed by atoms with Crippen molar-refractivity contribution in [3.05, 3.63) is 35.4 Å². The summed E-state index contributed by atoms with van der Waals surface area (Å²) in [6.07, 6.45) is -0.158. The van der Waals surface area contributed by atoms with E-state index in [9.17, 15) is 8.42 Å². The van der Waals surface area contributed by atoms with E-state index in [0.29, 0.717) is 38.7 Å². The van der Waals surface area contributed by atoms with Gasteiger partial charge in [-0.2, -0.15) is 4.31 Å². The minimum absolute atomic E-state index is 0.0292. The number of sulfonamides is 1. The van der Waals surface area contributed by atoms with Gasteiger partial charge in [-0.15, -0.1) is 0 Å². The highest BCUT2D eigenvalue weighted by molar-refractivity contribution is 7.89. The molecule has 0 aromatic heterocycles. The number of nitrogens with zero attached hydrogens (tertiary/aromatic N) is 2. The molecule has 0 saturated carbocycles. The molecule has 1 fully saturated rings. The summed E-state index contributed by atoms with van der Waals surface area (Å²) in [7, 11) is -3.32. The first-order valence-corrected chi connectivity index (χ1v) is 11.1. The Hall–Kier alpha value is -1.64. The first-order valence-electron chi connectivity index (χ1n) is 9.51. The van der Waals surface area contributed by atoms with E-state index in [1.807, 2.05) is 32.9 Å². The molecule has 2 rings (SSSR count). The number of aryl methyl sites for hydroxylation is 1. The van der Waals surface area contributed by atoms with Gasteiger partial charge in [-0.1, -0.05) is 29.8 Å². The summed E-state index contributed by atoms with van der Waals surface area (Å²) in [5.74, 6) is 0.651. The summed E-state index contributed by atoms with van der Waals surface area (Å²) in [5, 5.41) is 6.28. The molecule has 27 heavy (non-hydrogen) atoms. The number of ether oxygens (including phenoxy) is 1. The average Bonchev–Trinajstić information content (AvgIpc) is 2.60. The molecule has 0 radical (unpaired) electrons. The van der Waals surface area contributed by atoms with Gasteiger partial charge in [0.25, 0.3) is 0 Å². The smallest absolute Gasteiger partial charge is 0.216 e. The quantitative estimate of drug-likeness (QED) is 0.539. The van der Waals surface area contributed by atoms with E-state index in [0.717, 1.165) is 5.56 Å². The maximum Gasteiger partial charge on any atom is 0.216 e. The highest BCUT2D eigenvalue weighted by Crippen LogP contribution is 2.14. The van der Waals surface area contributed by atoms with Gasteiger partial charge in [-0.05, 0) is 33.3 Å². The van der Waals surface area contributed by atoms with Gasteiger partial charge in [0.2, 0.25) is 10.0 Å². The van der Waals surface area contributed by atoms with Gasteiger partial charge in [-0.25, -0.2) is 13.4 Å². The van der Waals surface area contributed by atoms with E-state index in [1.54, 1.807) is 0 Å². The lowest BCUT2D eigenvalue weighted by Crippen LogP contribution is -2.50. The highest BCUT2D eigenvalue weighted by atomic mass is 32.2. The standard InChI is InChI=1S/C19H32N4O3S/c1-5-20-19(22-12-18-8-6-15(2)7-9-18)21-10-11-27(24,25)23-13-16(3)26-17(4)14-23/h6-9,16-17H,5,10-14H2,1-4H3,(H2,20,21,22). The Kier molecular flexibility index (Phi) is 8.07. The first-order chi connectivity index (χ1) is 12.8. The van der Waals surface area contributed by atoms with Crippen molar-refractivity contribution in [2.24, 2.45) is 4.99 Å². The number of hydrogen-bond donors (Lipinski definition) is 2. The van der Waals surface area contributed by atoms with E-state index in [2.05, 4.69) is 34.7 Å². The molecule has 2 unspecified atom stereocenters. The zero-order valence-electron chi connectivity index (χ0n) is 16.7. The van der Waals surface area contributed by atoms with Crippen LogP contribution in [0.15, 0.2) is 29.3 Å². The normalized spacial score (nSPS) is 21.9. The number of rotatable bonds is 7. The molecule has 1 aliphatic heterocycles. The van der Waals surface area contributed by atoms with E-state index in [4.69, 9.17) is 4.74 Å². The van der Waals surface area contributed by atoms with Gasteiger partial charge in [0.15, 0.2) is 5.96 Å². The molecule has 0 aliphatic carbocycles. The number of hydrogen-bond acceptors (Lipinski definition) is 4. The van der Waals surface area contributed by atoms with Crippen LogP contribution < -0.4 is 10.6 Å². The van der Waals surface area contributed by atoms with Crippen molar-refractivity contribution in [3.8, 4) is 0 Å². The van der Waals surface area contributed by atoms with Crippen molar-refractivity contribution in [1.29, 1.82) is 0 Å². The van der Waals surface area contributed by atoms with Gasteiger partial charge in [0, 0.05) is 26.2 Å². The molecule has 8 heteroatoms. The maximum absolute atomic E-state index is 12.6. The summed E-state index contributed by atoms with van der Waals surface area (Å²) >= 11 is 0. The van der Waals surface area contributed by atoms with Crippen molar-refractivity contribution in [2.75, 3.05) is 31.9 Å². The Labute approximate surface area is 163 Å². The Bertz CT molecular complexity index is 709. The monoisotopic (exact) mass is 396 g/mol. The molecule has 7 nitrogen and oxygen atoms in total. The molecule has 1 aliphatic rings. The van der Waals surface area contributed by atoms with Crippen LogP contribution in [0.1, 0.15) is 31.9 Å². The van der Waals surface area contributed by atoms with Gasteiger partial charge in [0.1, 0.15) is 0 Å². The molecular formula is C19H32N4O3S. The molecule has 1 saturated heterocycles. The fourth-order valence-corrected chi connectivity index (χ4v) is 4.48. The fourth-order valence-electron chi connectivity index (χ4n) is 2.99. The molecule has 1 aromatic carbocycles. The summed E-state index contributed by atoms with van der Waals surface area (Å²) in [6.45, 7) is 10.2. The second-order valence-electron chi connectivity index (χ2n) is 7.00. The van der Waals surface area contributed by atoms with Crippen LogP contribution in [0.5, 0.6) is 0 Å². The summed E-state index contributed by atoms with van der Waals surface area (Å²) < 4.78 is 32.3. The number of morpholine rings is 1. The fraction of sp³-hybridized carbons (Fsp3) is 0.632. The van der Waals surface area contributed by atoms with E-state index in [1.165, 1.54) is 9.87 Å². The second-order valence-corrected chi connectivity index (χ2v) is 9.09. The Morgan fingerprint density at radius 2 is 1.81 bits per heavy atom. The zero-order chi connectivity index (χ0) is 19.9. The Balaban J connectivity index is 1.89. The second kappa shape index (κ2) is 10.1. The summed E-state index contributed by atoms with van der Waals surface area (Å²) in [6, 6.07) is 8.21. The molecule has 1 aromatic rings.